The number of hydrogen-bond donors (Lipinski definition) is 1. The minimum Gasteiger partial charge on any atom is -0.489 e. The van der Waals surface area contributed by atoms with Crippen LogP contribution < -0.4 is 10.1 Å². The SMILES string of the molecule is CCOC(=O)C1=C(C)NC2=C(C(=O)c3ccccc32)[C@H]1c1cc(Br)ccc1OCc1cccc(C)c1. The third kappa shape index (κ3) is 4.26. The van der Waals surface area contributed by atoms with Crippen molar-refractivity contribution in [1.82, 2.24) is 5.32 Å². The highest BCUT2D eigenvalue weighted by atomic mass is 79.9. The fourth-order valence-electron chi connectivity index (χ4n) is 4.96. The van der Waals surface area contributed by atoms with E-state index in [0.29, 0.717) is 34.8 Å². The van der Waals surface area contributed by atoms with Gasteiger partial charge in [0.15, 0.2) is 5.78 Å². The van der Waals surface area contributed by atoms with Crippen LogP contribution in [0.4, 0.5) is 0 Å². The number of dihydropyridines is 1. The van der Waals surface area contributed by atoms with Crippen molar-refractivity contribution >= 4 is 33.4 Å². The van der Waals surface area contributed by atoms with E-state index in [2.05, 4.69) is 27.3 Å². The van der Waals surface area contributed by atoms with Crippen molar-refractivity contribution in [2.45, 2.75) is 33.3 Å². The van der Waals surface area contributed by atoms with E-state index in [9.17, 15) is 9.59 Å². The van der Waals surface area contributed by atoms with Gasteiger partial charge in [0.25, 0.3) is 0 Å². The van der Waals surface area contributed by atoms with Crippen LogP contribution in [-0.2, 0) is 16.1 Å². The third-order valence-corrected chi connectivity index (χ3v) is 7.00. The van der Waals surface area contributed by atoms with Crippen molar-refractivity contribution in [1.29, 1.82) is 0 Å². The zero-order chi connectivity index (χ0) is 25.4. The Bertz CT molecular complexity index is 1450. The summed E-state index contributed by atoms with van der Waals surface area (Å²) >= 11 is 3.58. The lowest BCUT2D eigenvalue weighted by molar-refractivity contribution is -0.138. The molecule has 1 heterocycles. The number of nitrogens with one attached hydrogen (secondary N) is 1. The number of hydrogen-bond acceptors (Lipinski definition) is 5. The van der Waals surface area contributed by atoms with Crippen LogP contribution in [0.1, 0.15) is 52.4 Å². The first-order valence-electron chi connectivity index (χ1n) is 11.9. The number of allylic oxidation sites excluding steroid dienone is 2. The highest BCUT2D eigenvalue weighted by Gasteiger charge is 2.44. The third-order valence-electron chi connectivity index (χ3n) is 6.50. The summed E-state index contributed by atoms with van der Waals surface area (Å²) in [6.45, 7) is 6.26. The van der Waals surface area contributed by atoms with Crippen molar-refractivity contribution in [3.05, 3.63) is 116 Å². The first-order valence-corrected chi connectivity index (χ1v) is 12.7. The van der Waals surface area contributed by atoms with Crippen molar-refractivity contribution in [3.63, 3.8) is 0 Å². The molecule has 2 aliphatic rings. The second kappa shape index (κ2) is 9.78. The number of carbonyl (C=O) groups excluding carboxylic acids is 2. The van der Waals surface area contributed by atoms with Crippen LogP contribution in [0.5, 0.6) is 5.75 Å². The minimum absolute atomic E-state index is 0.1000. The van der Waals surface area contributed by atoms with E-state index in [1.54, 1.807) is 6.92 Å². The molecule has 0 fully saturated rings. The molecule has 1 aliphatic heterocycles. The molecule has 0 bridgehead atoms. The predicted molar refractivity (Wildman–Crippen MR) is 143 cm³/mol. The Morgan fingerprint density at radius 2 is 1.78 bits per heavy atom. The number of fused-ring (bicyclic) bond motifs is 2. The first-order chi connectivity index (χ1) is 17.4. The van der Waals surface area contributed by atoms with Gasteiger partial charge < -0.3 is 14.8 Å². The highest BCUT2D eigenvalue weighted by Crippen LogP contribution is 2.49. The second-order valence-electron chi connectivity index (χ2n) is 8.94. The van der Waals surface area contributed by atoms with Crippen LogP contribution in [-0.4, -0.2) is 18.4 Å². The van der Waals surface area contributed by atoms with Gasteiger partial charge in [0.1, 0.15) is 12.4 Å². The monoisotopic (exact) mass is 543 g/mol. The van der Waals surface area contributed by atoms with Crippen LogP contribution in [0.25, 0.3) is 5.70 Å². The molecule has 36 heavy (non-hydrogen) atoms. The van der Waals surface area contributed by atoms with Crippen molar-refractivity contribution in [3.8, 4) is 5.75 Å². The Labute approximate surface area is 219 Å². The molecule has 1 aliphatic carbocycles. The maximum Gasteiger partial charge on any atom is 0.336 e. The van der Waals surface area contributed by atoms with E-state index in [1.807, 2.05) is 74.5 Å². The van der Waals surface area contributed by atoms with E-state index >= 15 is 0 Å². The van der Waals surface area contributed by atoms with Crippen LogP contribution in [0.3, 0.4) is 0 Å². The van der Waals surface area contributed by atoms with Gasteiger partial charge in [0.05, 0.1) is 23.8 Å². The molecular formula is C30H26BrNO4. The molecule has 3 aromatic carbocycles. The largest absolute Gasteiger partial charge is 0.489 e. The lowest BCUT2D eigenvalue weighted by Gasteiger charge is -2.30. The molecule has 1 atom stereocenters. The molecule has 1 N–H and O–H groups in total. The van der Waals surface area contributed by atoms with E-state index in [0.717, 1.165) is 32.4 Å². The second-order valence-corrected chi connectivity index (χ2v) is 9.86. The number of benzene rings is 3. The number of halogens is 1. The average molecular weight is 544 g/mol. The van der Waals surface area contributed by atoms with E-state index in [-0.39, 0.29) is 12.4 Å². The Morgan fingerprint density at radius 1 is 1.00 bits per heavy atom. The van der Waals surface area contributed by atoms with Crippen LogP contribution >= 0.6 is 15.9 Å². The van der Waals surface area contributed by atoms with Gasteiger partial charge >= 0.3 is 5.97 Å². The predicted octanol–water partition coefficient (Wildman–Crippen LogP) is 6.47. The molecule has 0 spiro atoms. The standard InChI is InChI=1S/C30H26BrNO4/c1-4-35-30(34)25-18(3)32-28-21-10-5-6-11-22(21)29(33)27(28)26(25)23-15-20(31)12-13-24(23)36-16-19-9-7-8-17(2)14-19/h5-15,26,32H,4,16H2,1-3H3/t26-/m0/s1. The molecule has 0 radical (unpaired) electrons. The number of ketones is 1. The van der Waals surface area contributed by atoms with Crippen LogP contribution in [0.2, 0.25) is 0 Å². The Hall–Kier alpha value is -3.64. The zero-order valence-electron chi connectivity index (χ0n) is 20.4. The number of Topliss-reactive ketones (excluding diaryl/α,β-unsaturated/α-hetero) is 1. The molecular weight excluding hydrogens is 518 g/mol. The summed E-state index contributed by atoms with van der Waals surface area (Å²) in [7, 11) is 0. The van der Waals surface area contributed by atoms with Gasteiger partial charge in [0, 0.05) is 32.4 Å². The van der Waals surface area contributed by atoms with Crippen LogP contribution in [0, 0.1) is 6.92 Å². The smallest absolute Gasteiger partial charge is 0.336 e. The quantitative estimate of drug-likeness (QED) is 0.361. The lowest BCUT2D eigenvalue weighted by atomic mass is 9.79. The molecule has 0 unspecified atom stereocenters. The maximum atomic E-state index is 13.7. The number of rotatable bonds is 6. The van der Waals surface area contributed by atoms with E-state index < -0.39 is 11.9 Å². The molecule has 3 aromatic rings. The summed E-state index contributed by atoms with van der Waals surface area (Å²) in [6.07, 6.45) is 0. The Kier molecular flexibility index (Phi) is 6.54. The molecule has 6 heteroatoms. The fourth-order valence-corrected chi connectivity index (χ4v) is 5.34. The first kappa shape index (κ1) is 24.1. The maximum absolute atomic E-state index is 13.7. The number of esters is 1. The van der Waals surface area contributed by atoms with Gasteiger partial charge in [-0.3, -0.25) is 4.79 Å². The fraction of sp³-hybridized carbons (Fsp3) is 0.200. The normalized spacial score (nSPS) is 16.4. The molecule has 0 amide bonds. The Balaban J connectivity index is 1.65. The van der Waals surface area contributed by atoms with Crippen LogP contribution in [0.15, 0.2) is 88.0 Å². The average Bonchev–Trinajstić information content (AvgIpc) is 3.14. The molecule has 5 rings (SSSR count). The number of aryl methyl sites for hydroxylation is 1. The number of carbonyl (C=O) groups is 2. The lowest BCUT2D eigenvalue weighted by Crippen LogP contribution is -2.29. The van der Waals surface area contributed by atoms with Crippen molar-refractivity contribution in [2.24, 2.45) is 0 Å². The molecule has 0 saturated carbocycles. The number of ether oxygens (including phenoxy) is 2. The topological polar surface area (TPSA) is 64.6 Å². The highest BCUT2D eigenvalue weighted by molar-refractivity contribution is 9.10. The summed E-state index contributed by atoms with van der Waals surface area (Å²) in [5.41, 5.74) is 6.71. The zero-order valence-corrected chi connectivity index (χ0v) is 21.9. The summed E-state index contributed by atoms with van der Waals surface area (Å²) in [6, 6.07) is 21.4. The van der Waals surface area contributed by atoms with E-state index in [4.69, 9.17) is 9.47 Å². The van der Waals surface area contributed by atoms with Gasteiger partial charge in [-0.25, -0.2) is 4.79 Å². The van der Waals surface area contributed by atoms with Crippen molar-refractivity contribution in [2.75, 3.05) is 6.61 Å². The minimum atomic E-state index is -0.648. The Morgan fingerprint density at radius 3 is 2.53 bits per heavy atom. The summed E-state index contributed by atoms with van der Waals surface area (Å²) in [4.78, 5) is 27.0. The van der Waals surface area contributed by atoms with Gasteiger partial charge in [-0.15, -0.1) is 0 Å². The van der Waals surface area contributed by atoms with Gasteiger partial charge in [-0.2, -0.15) is 0 Å². The molecule has 5 nitrogen and oxygen atoms in total. The molecule has 0 aromatic heterocycles. The molecule has 0 saturated heterocycles. The summed E-state index contributed by atoms with van der Waals surface area (Å²) < 4.78 is 12.6. The molecule has 182 valence electrons. The summed E-state index contributed by atoms with van der Waals surface area (Å²) in [5.74, 6) is -0.591. The van der Waals surface area contributed by atoms with Gasteiger partial charge in [-0.1, -0.05) is 70.0 Å². The van der Waals surface area contributed by atoms with E-state index in [1.165, 1.54) is 0 Å². The van der Waals surface area contributed by atoms with Gasteiger partial charge in [-0.05, 0) is 44.5 Å². The van der Waals surface area contributed by atoms with Gasteiger partial charge in [0.2, 0.25) is 0 Å². The van der Waals surface area contributed by atoms with Crippen molar-refractivity contribution < 1.29 is 19.1 Å². The summed E-state index contributed by atoms with van der Waals surface area (Å²) in [5, 5.41) is 3.34.